The summed E-state index contributed by atoms with van der Waals surface area (Å²) in [7, 11) is -2.25. The molecule has 4 aromatic rings. The van der Waals surface area contributed by atoms with Crippen LogP contribution in [0.15, 0.2) is 69.4 Å². The number of aryl methyl sites for hydroxylation is 2. The lowest BCUT2D eigenvalue weighted by Crippen LogP contribution is -2.26. The number of aromatic nitrogens is 2. The lowest BCUT2D eigenvalue weighted by molar-refractivity contribution is 0.432. The molecule has 0 amide bonds. The number of nitrogens with zero attached hydrogens (tertiary/aromatic N) is 3. The van der Waals surface area contributed by atoms with Crippen molar-refractivity contribution in [3.63, 3.8) is 0 Å². The van der Waals surface area contributed by atoms with E-state index in [1.807, 2.05) is 50.2 Å². The topological polar surface area (TPSA) is 76.3 Å². The fourth-order valence-corrected chi connectivity index (χ4v) is 5.34. The molecule has 0 N–H and O–H groups in total. The lowest BCUT2D eigenvalue weighted by Gasteiger charge is -2.19. The van der Waals surface area contributed by atoms with E-state index < -0.39 is 10.0 Å². The van der Waals surface area contributed by atoms with Gasteiger partial charge in [0.15, 0.2) is 0 Å². The second kappa shape index (κ2) is 7.46. The Morgan fingerprint density at radius 3 is 2.21 bits per heavy atom. The molecule has 0 spiro atoms. The third-order valence-corrected chi connectivity index (χ3v) is 7.45. The molecule has 0 atom stereocenters. The fraction of sp³-hybridized carbons (Fsp3) is 0.143. The highest BCUT2D eigenvalue weighted by Crippen LogP contribution is 2.35. The summed E-state index contributed by atoms with van der Waals surface area (Å²) in [4.78, 5) is 4.99. The Morgan fingerprint density at radius 2 is 1.55 bits per heavy atom. The highest BCUT2D eigenvalue weighted by Gasteiger charge is 2.28. The predicted octanol–water partition coefficient (Wildman–Crippen LogP) is 4.91. The van der Waals surface area contributed by atoms with Crippen LogP contribution in [-0.2, 0) is 10.0 Å². The molecule has 0 fully saturated rings. The molecule has 4 rings (SSSR count). The average molecular weight is 426 g/mol. The maximum atomic E-state index is 13.2. The molecule has 2 aromatic carbocycles. The summed E-state index contributed by atoms with van der Waals surface area (Å²) in [6.07, 6.45) is 0. The van der Waals surface area contributed by atoms with Crippen LogP contribution in [0.3, 0.4) is 0 Å². The molecule has 0 unspecified atom stereocenters. The van der Waals surface area contributed by atoms with Crippen LogP contribution in [-0.4, -0.2) is 25.6 Å². The molecule has 0 aliphatic rings. The van der Waals surface area contributed by atoms with Gasteiger partial charge in [-0.2, -0.15) is 4.98 Å². The normalized spacial score (nSPS) is 11.6. The summed E-state index contributed by atoms with van der Waals surface area (Å²) in [5.74, 6) is 0.607. The van der Waals surface area contributed by atoms with Gasteiger partial charge in [0.25, 0.3) is 15.9 Å². The molecule has 8 heteroatoms. The Labute approximate surface area is 173 Å². The van der Waals surface area contributed by atoms with Gasteiger partial charge >= 0.3 is 0 Å². The number of sulfonamides is 1. The molecule has 0 radical (unpaired) electrons. The van der Waals surface area contributed by atoms with Gasteiger partial charge in [0.1, 0.15) is 9.77 Å². The Kier molecular flexibility index (Phi) is 4.97. The van der Waals surface area contributed by atoms with Gasteiger partial charge in [-0.15, -0.1) is 11.3 Å². The number of hydrogen-bond donors (Lipinski definition) is 0. The van der Waals surface area contributed by atoms with Crippen molar-refractivity contribution in [1.29, 1.82) is 0 Å². The lowest BCUT2D eigenvalue weighted by atomic mass is 10.1. The maximum absolute atomic E-state index is 13.2. The second-order valence-electron chi connectivity index (χ2n) is 6.71. The first-order valence-electron chi connectivity index (χ1n) is 8.90. The standard InChI is InChI=1S/C21H19N3O3S2/c1-14-4-8-16(9-5-14)20-22-21(27-23-20)19-18(12-13-28-19)29(25,26)24(3)17-10-6-15(2)7-11-17/h4-13H,1-3H3. The first kappa shape index (κ1) is 19.4. The zero-order valence-corrected chi connectivity index (χ0v) is 17.8. The van der Waals surface area contributed by atoms with E-state index >= 15 is 0 Å². The molecule has 29 heavy (non-hydrogen) atoms. The minimum atomic E-state index is -3.79. The number of thiophene rings is 1. The minimum absolute atomic E-state index is 0.143. The Balaban J connectivity index is 1.70. The van der Waals surface area contributed by atoms with E-state index in [2.05, 4.69) is 10.1 Å². The van der Waals surface area contributed by atoms with Crippen molar-refractivity contribution in [3.8, 4) is 22.2 Å². The van der Waals surface area contributed by atoms with Crippen molar-refractivity contribution in [1.82, 2.24) is 10.1 Å². The Hall–Kier alpha value is -2.97. The van der Waals surface area contributed by atoms with Gasteiger partial charge in [0.2, 0.25) is 5.82 Å². The van der Waals surface area contributed by atoms with Gasteiger partial charge in [-0.25, -0.2) is 8.42 Å². The van der Waals surface area contributed by atoms with Crippen molar-refractivity contribution >= 4 is 27.0 Å². The van der Waals surface area contributed by atoms with Crippen LogP contribution in [0.1, 0.15) is 11.1 Å². The van der Waals surface area contributed by atoms with Crippen LogP contribution in [0.4, 0.5) is 5.69 Å². The summed E-state index contributed by atoms with van der Waals surface area (Å²) in [6.45, 7) is 3.95. The van der Waals surface area contributed by atoms with Crippen LogP contribution < -0.4 is 4.31 Å². The van der Waals surface area contributed by atoms with Crippen molar-refractivity contribution in [2.75, 3.05) is 11.4 Å². The zero-order valence-electron chi connectivity index (χ0n) is 16.2. The van der Waals surface area contributed by atoms with Crippen LogP contribution in [0.2, 0.25) is 0 Å². The summed E-state index contributed by atoms with van der Waals surface area (Å²) in [6, 6.07) is 16.6. The van der Waals surface area contributed by atoms with Gasteiger partial charge in [0.05, 0.1) is 5.69 Å². The SMILES string of the molecule is Cc1ccc(-c2noc(-c3sccc3S(=O)(=O)N(C)c3ccc(C)cc3)n2)cc1. The van der Waals surface area contributed by atoms with Crippen molar-refractivity contribution in [2.24, 2.45) is 0 Å². The van der Waals surface area contributed by atoms with E-state index in [1.165, 1.54) is 22.7 Å². The van der Waals surface area contributed by atoms with E-state index in [4.69, 9.17) is 4.52 Å². The molecule has 2 heterocycles. The number of benzene rings is 2. The average Bonchev–Trinajstić information content (AvgIpc) is 3.38. The molecule has 0 aliphatic carbocycles. The van der Waals surface area contributed by atoms with Crippen LogP contribution in [0, 0.1) is 13.8 Å². The zero-order chi connectivity index (χ0) is 20.6. The first-order chi connectivity index (χ1) is 13.9. The van der Waals surface area contributed by atoms with Crippen LogP contribution >= 0.6 is 11.3 Å². The summed E-state index contributed by atoms with van der Waals surface area (Å²) in [5.41, 5.74) is 3.58. The molecule has 0 saturated carbocycles. The van der Waals surface area contributed by atoms with Gasteiger partial charge in [0, 0.05) is 12.6 Å². The Bertz CT molecular complexity index is 1240. The third kappa shape index (κ3) is 3.68. The van der Waals surface area contributed by atoms with E-state index in [0.29, 0.717) is 16.4 Å². The van der Waals surface area contributed by atoms with E-state index in [1.54, 1.807) is 23.6 Å². The smallest absolute Gasteiger partial charge is 0.269 e. The quantitative estimate of drug-likeness (QED) is 0.454. The molecule has 148 valence electrons. The molecule has 6 nitrogen and oxygen atoms in total. The van der Waals surface area contributed by atoms with Gasteiger partial charge in [-0.05, 0) is 37.4 Å². The summed E-state index contributed by atoms with van der Waals surface area (Å²) < 4.78 is 33.1. The first-order valence-corrected chi connectivity index (χ1v) is 11.2. The van der Waals surface area contributed by atoms with Crippen LogP contribution in [0.25, 0.3) is 22.2 Å². The fourth-order valence-electron chi connectivity index (χ4n) is 2.83. The summed E-state index contributed by atoms with van der Waals surface area (Å²) in [5, 5.41) is 5.73. The van der Waals surface area contributed by atoms with E-state index in [0.717, 1.165) is 16.7 Å². The molecule has 0 bridgehead atoms. The number of anilines is 1. The van der Waals surface area contributed by atoms with Gasteiger partial charge < -0.3 is 4.52 Å². The minimum Gasteiger partial charge on any atom is -0.333 e. The highest BCUT2D eigenvalue weighted by molar-refractivity contribution is 7.93. The molecule has 2 aromatic heterocycles. The monoisotopic (exact) mass is 425 g/mol. The largest absolute Gasteiger partial charge is 0.333 e. The van der Waals surface area contributed by atoms with Gasteiger partial charge in [-0.1, -0.05) is 52.7 Å². The molecule has 0 saturated heterocycles. The number of rotatable bonds is 5. The Morgan fingerprint density at radius 1 is 0.931 bits per heavy atom. The van der Waals surface area contributed by atoms with Crippen molar-refractivity contribution in [3.05, 3.63) is 71.1 Å². The molecule has 0 aliphatic heterocycles. The predicted molar refractivity (Wildman–Crippen MR) is 115 cm³/mol. The molecular formula is C21H19N3O3S2. The highest BCUT2D eigenvalue weighted by atomic mass is 32.2. The van der Waals surface area contributed by atoms with Crippen LogP contribution in [0.5, 0.6) is 0 Å². The van der Waals surface area contributed by atoms with Crippen molar-refractivity contribution in [2.45, 2.75) is 18.7 Å². The van der Waals surface area contributed by atoms with E-state index in [9.17, 15) is 8.42 Å². The van der Waals surface area contributed by atoms with E-state index in [-0.39, 0.29) is 10.8 Å². The summed E-state index contributed by atoms with van der Waals surface area (Å²) >= 11 is 1.25. The maximum Gasteiger partial charge on any atom is 0.269 e. The third-order valence-electron chi connectivity index (χ3n) is 4.60. The second-order valence-corrected chi connectivity index (χ2v) is 9.57. The molecular weight excluding hydrogens is 406 g/mol. The van der Waals surface area contributed by atoms with Crippen molar-refractivity contribution < 1.29 is 12.9 Å². The number of hydrogen-bond acceptors (Lipinski definition) is 6. The van der Waals surface area contributed by atoms with Gasteiger partial charge in [-0.3, -0.25) is 4.31 Å².